The first-order valence-electron chi connectivity index (χ1n) is 9.12. The molecule has 0 spiro atoms. The number of sulfonamides is 1. The summed E-state index contributed by atoms with van der Waals surface area (Å²) >= 11 is 0. The van der Waals surface area contributed by atoms with Crippen LogP contribution in [0.4, 0.5) is 0 Å². The maximum atomic E-state index is 12.1. The summed E-state index contributed by atoms with van der Waals surface area (Å²) in [4.78, 5) is 24.3. The highest BCUT2D eigenvalue weighted by Crippen LogP contribution is 2.29. The van der Waals surface area contributed by atoms with Crippen LogP contribution in [-0.4, -0.2) is 51.3 Å². The van der Waals surface area contributed by atoms with Crippen molar-refractivity contribution in [2.45, 2.75) is 44.0 Å². The maximum Gasteiger partial charge on any atom is 0.338 e. The maximum absolute atomic E-state index is 12.1. The highest BCUT2D eigenvalue weighted by Gasteiger charge is 2.28. The molecule has 0 unspecified atom stereocenters. The second-order valence-corrected chi connectivity index (χ2v) is 9.48. The van der Waals surface area contributed by atoms with Gasteiger partial charge in [-0.3, -0.25) is 4.79 Å². The van der Waals surface area contributed by atoms with Gasteiger partial charge in [0.2, 0.25) is 10.0 Å². The fraction of sp³-hybridized carbons (Fsp3) is 0.579. The van der Waals surface area contributed by atoms with Crippen LogP contribution in [0.1, 0.15) is 43.5 Å². The second kappa shape index (κ2) is 8.84. The molecule has 1 fully saturated rings. The lowest BCUT2D eigenvalue weighted by Gasteiger charge is -2.34. The van der Waals surface area contributed by atoms with E-state index in [0.29, 0.717) is 11.8 Å². The summed E-state index contributed by atoms with van der Waals surface area (Å²) in [5.74, 6) is -0.0294. The number of rotatable bonds is 6. The third kappa shape index (κ3) is 5.29. The molecular formula is C19H28N2O5S. The van der Waals surface area contributed by atoms with Gasteiger partial charge in [0.1, 0.15) is 0 Å². The molecule has 1 aromatic carbocycles. The monoisotopic (exact) mass is 396 g/mol. The Morgan fingerprint density at radius 2 is 1.78 bits per heavy atom. The number of hydrogen-bond acceptors (Lipinski definition) is 5. The van der Waals surface area contributed by atoms with E-state index < -0.39 is 16.0 Å². The molecule has 0 heterocycles. The summed E-state index contributed by atoms with van der Waals surface area (Å²) in [6, 6.07) is 5.55. The van der Waals surface area contributed by atoms with Crippen LogP contribution < -0.4 is 5.32 Å². The molecule has 0 aromatic heterocycles. The number of carbonyl (C=O) groups excluding carboxylic acids is 2. The zero-order chi connectivity index (χ0) is 20.2. The highest BCUT2D eigenvalue weighted by atomic mass is 32.2. The van der Waals surface area contributed by atoms with Gasteiger partial charge in [0.15, 0.2) is 6.61 Å². The van der Waals surface area contributed by atoms with Crippen LogP contribution in [0.15, 0.2) is 29.2 Å². The van der Waals surface area contributed by atoms with Crippen LogP contribution in [0.5, 0.6) is 0 Å². The van der Waals surface area contributed by atoms with E-state index in [1.165, 1.54) is 44.8 Å². The van der Waals surface area contributed by atoms with Gasteiger partial charge in [-0.1, -0.05) is 26.7 Å². The molecule has 150 valence electrons. The predicted molar refractivity (Wildman–Crippen MR) is 102 cm³/mol. The normalized spacial score (nSPS) is 23.1. The van der Waals surface area contributed by atoms with Gasteiger partial charge in [-0.05, 0) is 42.5 Å². The molecule has 0 radical (unpaired) electrons. The van der Waals surface area contributed by atoms with Crippen LogP contribution in [0, 0.1) is 11.8 Å². The Morgan fingerprint density at radius 3 is 2.37 bits per heavy atom. The van der Waals surface area contributed by atoms with Crippen molar-refractivity contribution in [3.05, 3.63) is 29.8 Å². The average Bonchev–Trinajstić information content (AvgIpc) is 2.63. The lowest BCUT2D eigenvalue weighted by molar-refractivity contribution is -0.125. The minimum absolute atomic E-state index is 0.0854. The van der Waals surface area contributed by atoms with Crippen LogP contribution >= 0.6 is 0 Å². The summed E-state index contributed by atoms with van der Waals surface area (Å²) in [6.45, 7) is 3.96. The Hall–Kier alpha value is -1.93. The van der Waals surface area contributed by atoms with Gasteiger partial charge in [0, 0.05) is 20.1 Å². The first-order chi connectivity index (χ1) is 12.6. The second-order valence-electron chi connectivity index (χ2n) is 7.33. The van der Waals surface area contributed by atoms with E-state index in [1.54, 1.807) is 0 Å². The SMILES string of the molecule is C[C@H]1[C@@H](NC(=O)COC(=O)c2ccc(S(=O)(=O)N(C)C)cc2)CCC[C@@H]1C. The van der Waals surface area contributed by atoms with Gasteiger partial charge >= 0.3 is 5.97 Å². The molecule has 7 nitrogen and oxygen atoms in total. The Morgan fingerprint density at radius 1 is 1.15 bits per heavy atom. The number of hydrogen-bond donors (Lipinski definition) is 1. The lowest BCUT2D eigenvalue weighted by Crippen LogP contribution is -2.45. The molecule has 0 saturated heterocycles. The molecular weight excluding hydrogens is 368 g/mol. The minimum atomic E-state index is -3.55. The molecule has 8 heteroatoms. The standard InChI is InChI=1S/C19H28N2O5S/c1-13-6-5-7-17(14(13)2)20-18(22)12-26-19(23)15-8-10-16(11-9-15)27(24,25)21(3)4/h8-11,13-14,17H,5-7,12H2,1-4H3,(H,20,22)/t13-,14+,17-/m0/s1. The van der Waals surface area contributed by atoms with E-state index >= 15 is 0 Å². The quantitative estimate of drug-likeness (QED) is 0.743. The molecule has 1 aliphatic carbocycles. The Bertz CT molecular complexity index is 774. The van der Waals surface area contributed by atoms with E-state index in [-0.39, 0.29) is 29.0 Å². The van der Waals surface area contributed by atoms with Crippen molar-refractivity contribution in [3.63, 3.8) is 0 Å². The third-order valence-electron chi connectivity index (χ3n) is 5.26. The van der Waals surface area contributed by atoms with Gasteiger partial charge in [0.25, 0.3) is 5.91 Å². The predicted octanol–water partition coefficient (Wildman–Crippen LogP) is 2.03. The highest BCUT2D eigenvalue weighted by molar-refractivity contribution is 7.89. The number of nitrogens with one attached hydrogen (secondary N) is 1. The van der Waals surface area contributed by atoms with Crippen molar-refractivity contribution in [2.75, 3.05) is 20.7 Å². The van der Waals surface area contributed by atoms with E-state index in [2.05, 4.69) is 19.2 Å². The largest absolute Gasteiger partial charge is 0.452 e. The minimum Gasteiger partial charge on any atom is -0.452 e. The van der Waals surface area contributed by atoms with Crippen molar-refractivity contribution in [1.29, 1.82) is 0 Å². The molecule has 0 aliphatic heterocycles. The number of benzene rings is 1. The summed E-state index contributed by atoms with van der Waals surface area (Å²) in [5, 5.41) is 2.95. The van der Waals surface area contributed by atoms with E-state index in [0.717, 1.165) is 17.1 Å². The van der Waals surface area contributed by atoms with Gasteiger partial charge < -0.3 is 10.1 Å². The molecule has 27 heavy (non-hydrogen) atoms. The van der Waals surface area contributed by atoms with E-state index in [1.807, 2.05) is 0 Å². The van der Waals surface area contributed by atoms with Crippen molar-refractivity contribution >= 4 is 21.9 Å². The molecule has 1 aromatic rings. The summed E-state index contributed by atoms with van der Waals surface area (Å²) in [7, 11) is -0.685. The van der Waals surface area contributed by atoms with Gasteiger partial charge in [0.05, 0.1) is 10.5 Å². The summed E-state index contributed by atoms with van der Waals surface area (Å²) in [6.07, 6.45) is 3.19. The van der Waals surface area contributed by atoms with E-state index in [4.69, 9.17) is 4.74 Å². The third-order valence-corrected chi connectivity index (χ3v) is 7.09. The smallest absolute Gasteiger partial charge is 0.338 e. The molecule has 1 saturated carbocycles. The van der Waals surface area contributed by atoms with Crippen molar-refractivity contribution in [2.24, 2.45) is 11.8 Å². The van der Waals surface area contributed by atoms with Crippen molar-refractivity contribution < 1.29 is 22.7 Å². The van der Waals surface area contributed by atoms with Crippen LogP contribution in [0.3, 0.4) is 0 Å². The zero-order valence-electron chi connectivity index (χ0n) is 16.3. The molecule has 1 N–H and O–H groups in total. The van der Waals surface area contributed by atoms with Crippen molar-refractivity contribution in [3.8, 4) is 0 Å². The summed E-state index contributed by atoms with van der Waals surface area (Å²) < 4.78 is 30.2. The van der Waals surface area contributed by atoms with E-state index in [9.17, 15) is 18.0 Å². The van der Waals surface area contributed by atoms with Crippen LogP contribution in [0.25, 0.3) is 0 Å². The zero-order valence-corrected chi connectivity index (χ0v) is 17.1. The Kier molecular flexibility index (Phi) is 7.00. The molecule has 1 aliphatic rings. The first kappa shape index (κ1) is 21.4. The summed E-state index contributed by atoms with van der Waals surface area (Å²) in [5.41, 5.74) is 0.195. The Balaban J connectivity index is 1.89. The first-order valence-corrected chi connectivity index (χ1v) is 10.6. The molecule has 1 amide bonds. The molecule has 2 rings (SSSR count). The number of amides is 1. The van der Waals surface area contributed by atoms with Gasteiger partial charge in [-0.15, -0.1) is 0 Å². The van der Waals surface area contributed by atoms with Gasteiger partial charge in [-0.25, -0.2) is 17.5 Å². The number of carbonyl (C=O) groups is 2. The number of nitrogens with zero attached hydrogens (tertiary/aromatic N) is 1. The average molecular weight is 397 g/mol. The number of ether oxygens (including phenoxy) is 1. The number of esters is 1. The lowest BCUT2D eigenvalue weighted by atomic mass is 9.78. The van der Waals surface area contributed by atoms with Crippen LogP contribution in [-0.2, 0) is 19.6 Å². The van der Waals surface area contributed by atoms with Gasteiger partial charge in [-0.2, -0.15) is 0 Å². The topological polar surface area (TPSA) is 92.8 Å². The Labute approximate surface area is 161 Å². The molecule has 0 bridgehead atoms. The van der Waals surface area contributed by atoms with Crippen LogP contribution in [0.2, 0.25) is 0 Å². The fourth-order valence-electron chi connectivity index (χ4n) is 3.22. The molecule has 3 atom stereocenters. The fourth-order valence-corrected chi connectivity index (χ4v) is 4.12. The van der Waals surface area contributed by atoms with Crippen molar-refractivity contribution in [1.82, 2.24) is 9.62 Å².